The van der Waals surface area contributed by atoms with Gasteiger partial charge in [-0.25, -0.2) is 0 Å². The molecule has 2 heterocycles. The van der Waals surface area contributed by atoms with E-state index in [1.165, 1.54) is 22.2 Å². The number of rotatable bonds is 0. The third-order valence-corrected chi connectivity index (χ3v) is 6.35. The van der Waals surface area contributed by atoms with Crippen LogP contribution in [0.3, 0.4) is 0 Å². The fraction of sp³-hybridized carbons (Fsp3) is 0.133. The maximum absolute atomic E-state index is 4.85. The Labute approximate surface area is 107 Å². The molecule has 0 fully saturated rings. The van der Waals surface area contributed by atoms with E-state index in [4.69, 9.17) is 4.99 Å². The van der Waals surface area contributed by atoms with Gasteiger partial charge in [-0.2, -0.15) is 0 Å². The van der Waals surface area contributed by atoms with E-state index in [0.717, 1.165) is 5.69 Å². The van der Waals surface area contributed by atoms with Crippen molar-refractivity contribution < 1.29 is 0 Å². The van der Waals surface area contributed by atoms with Gasteiger partial charge in [0.1, 0.15) is 0 Å². The molecule has 1 aromatic rings. The molecule has 1 spiro atoms. The zero-order valence-electron chi connectivity index (χ0n) is 9.26. The van der Waals surface area contributed by atoms with Gasteiger partial charge in [-0.15, -0.1) is 0 Å². The summed E-state index contributed by atoms with van der Waals surface area (Å²) < 4.78 is 0.135. The monoisotopic (exact) mass is 285 g/mol. The van der Waals surface area contributed by atoms with Crippen molar-refractivity contribution in [1.29, 1.82) is 0 Å². The van der Waals surface area contributed by atoms with Crippen LogP contribution >= 0.6 is 0 Å². The summed E-state index contributed by atoms with van der Waals surface area (Å²) in [6, 6.07) is 8.50. The van der Waals surface area contributed by atoms with Crippen LogP contribution in [0.4, 0.5) is 5.69 Å². The molecule has 3 aliphatic rings. The summed E-state index contributed by atoms with van der Waals surface area (Å²) in [5.74, 6) is 0. The normalized spacial score (nSPS) is 28.0. The summed E-state index contributed by atoms with van der Waals surface area (Å²) in [6.07, 6.45) is 11.2. The molecule has 0 amide bonds. The van der Waals surface area contributed by atoms with Gasteiger partial charge in [0.2, 0.25) is 0 Å². The zero-order chi connectivity index (χ0) is 11.3. The van der Waals surface area contributed by atoms with Gasteiger partial charge in [-0.1, -0.05) is 0 Å². The molecule has 4 rings (SSSR count). The molecule has 82 valence electrons. The molecule has 1 nitrogen and oxygen atoms in total. The number of benzene rings is 1. The summed E-state index contributed by atoms with van der Waals surface area (Å²) in [5.41, 5.74) is 5.18. The predicted octanol–water partition coefficient (Wildman–Crippen LogP) is 3.58. The number of aliphatic imine (C=N–C) groups is 1. The number of hydrogen-bond donors (Lipinski definition) is 0. The van der Waals surface area contributed by atoms with E-state index in [1.807, 2.05) is 0 Å². The molecule has 1 aliphatic carbocycles. The average Bonchev–Trinajstić information content (AvgIpc) is 2.80. The van der Waals surface area contributed by atoms with Gasteiger partial charge in [-0.05, 0) is 0 Å². The molecule has 0 N–H and O–H groups in total. The van der Waals surface area contributed by atoms with Crippen LogP contribution in [0.25, 0.3) is 5.57 Å². The van der Waals surface area contributed by atoms with Crippen molar-refractivity contribution in [3.63, 3.8) is 0 Å². The molecule has 17 heavy (non-hydrogen) atoms. The molecule has 1 unspecified atom stereocenters. The van der Waals surface area contributed by atoms with E-state index in [1.54, 1.807) is 0 Å². The van der Waals surface area contributed by atoms with Crippen molar-refractivity contribution in [3.05, 3.63) is 60.2 Å². The predicted molar refractivity (Wildman–Crippen MR) is 73.0 cm³/mol. The van der Waals surface area contributed by atoms with Crippen LogP contribution in [-0.4, -0.2) is 20.7 Å². The van der Waals surface area contributed by atoms with E-state index in [0.29, 0.717) is 15.0 Å². The fourth-order valence-corrected chi connectivity index (χ4v) is 5.46. The van der Waals surface area contributed by atoms with Crippen LogP contribution in [0.15, 0.2) is 59.6 Å². The molecular formula is C15H11NSe. The van der Waals surface area contributed by atoms with Crippen molar-refractivity contribution in [2.75, 3.05) is 0 Å². The quantitative estimate of drug-likeness (QED) is 0.646. The first-order valence-electron chi connectivity index (χ1n) is 5.79. The minimum atomic E-state index is 0.135. The van der Waals surface area contributed by atoms with Crippen molar-refractivity contribution in [3.8, 4) is 0 Å². The molecule has 1 aromatic carbocycles. The second-order valence-electron chi connectivity index (χ2n) is 4.40. The first-order chi connectivity index (χ1) is 8.40. The Morgan fingerprint density at radius 3 is 3.12 bits per heavy atom. The van der Waals surface area contributed by atoms with Crippen LogP contribution in [-0.2, 0) is 0 Å². The van der Waals surface area contributed by atoms with Gasteiger partial charge < -0.3 is 0 Å². The van der Waals surface area contributed by atoms with E-state index < -0.39 is 0 Å². The third kappa shape index (κ3) is 1.17. The van der Waals surface area contributed by atoms with E-state index >= 15 is 0 Å². The topological polar surface area (TPSA) is 12.4 Å². The van der Waals surface area contributed by atoms with Crippen molar-refractivity contribution in [1.82, 2.24) is 0 Å². The third-order valence-electron chi connectivity index (χ3n) is 3.51. The first-order valence-corrected chi connectivity index (χ1v) is 7.86. The number of fused-ring (bicyclic) bond motifs is 2. The van der Waals surface area contributed by atoms with Gasteiger partial charge >= 0.3 is 107 Å². The fourth-order valence-electron chi connectivity index (χ4n) is 2.74. The standard InChI is InChI=1S/C15H11NSe/c1-2-6-13-11(5-1)12-8-10-17-15(12)9-4-3-7-14(15)16-13/h1-9H,10H2. The molecule has 2 heteroatoms. The molecular weight excluding hydrogens is 273 g/mol. The van der Waals surface area contributed by atoms with Crippen LogP contribution in [0, 0.1) is 0 Å². The van der Waals surface area contributed by atoms with Crippen LogP contribution < -0.4 is 0 Å². The van der Waals surface area contributed by atoms with Gasteiger partial charge in [0.05, 0.1) is 0 Å². The molecule has 0 radical (unpaired) electrons. The zero-order valence-corrected chi connectivity index (χ0v) is 11.0. The number of para-hydroxylation sites is 1. The Bertz CT molecular complexity index is 622. The second kappa shape index (κ2) is 3.32. The molecule has 0 saturated carbocycles. The number of hydrogen-bond acceptors (Lipinski definition) is 1. The van der Waals surface area contributed by atoms with Crippen molar-refractivity contribution >= 4 is 31.9 Å². The Balaban J connectivity index is 2.07. The maximum atomic E-state index is 4.85. The summed E-state index contributed by atoms with van der Waals surface area (Å²) in [5, 5.41) is 1.22. The summed E-state index contributed by atoms with van der Waals surface area (Å²) in [6.45, 7) is 0. The average molecular weight is 284 g/mol. The Kier molecular flexibility index (Phi) is 1.88. The summed E-state index contributed by atoms with van der Waals surface area (Å²) >= 11 is 0.565. The molecule has 1 atom stereocenters. The van der Waals surface area contributed by atoms with Gasteiger partial charge in [-0.3, -0.25) is 0 Å². The van der Waals surface area contributed by atoms with Crippen LogP contribution in [0.5, 0.6) is 0 Å². The summed E-state index contributed by atoms with van der Waals surface area (Å²) in [7, 11) is 0. The molecule has 2 aliphatic heterocycles. The molecule has 0 aromatic heterocycles. The number of allylic oxidation sites excluding steroid dienone is 6. The van der Waals surface area contributed by atoms with Crippen LogP contribution in [0.2, 0.25) is 9.63 Å². The van der Waals surface area contributed by atoms with E-state index in [2.05, 4.69) is 54.6 Å². The van der Waals surface area contributed by atoms with Crippen molar-refractivity contribution in [2.45, 2.75) is 9.63 Å². The van der Waals surface area contributed by atoms with Gasteiger partial charge in [0.15, 0.2) is 0 Å². The second-order valence-corrected chi connectivity index (χ2v) is 7.05. The Morgan fingerprint density at radius 2 is 2.12 bits per heavy atom. The van der Waals surface area contributed by atoms with E-state index in [9.17, 15) is 0 Å². The van der Waals surface area contributed by atoms with Gasteiger partial charge in [0, 0.05) is 0 Å². The van der Waals surface area contributed by atoms with E-state index in [-0.39, 0.29) is 4.31 Å². The Morgan fingerprint density at radius 1 is 1.18 bits per heavy atom. The van der Waals surface area contributed by atoms with Crippen molar-refractivity contribution in [2.24, 2.45) is 4.99 Å². The SMILES string of the molecule is C1=CC2=Nc3ccccc3C3=CC[Se]C32C=C1. The molecule has 0 saturated heterocycles. The van der Waals surface area contributed by atoms with Crippen LogP contribution in [0.1, 0.15) is 5.56 Å². The number of nitrogens with zero attached hydrogens (tertiary/aromatic N) is 1. The molecule has 0 bridgehead atoms. The summed E-state index contributed by atoms with van der Waals surface area (Å²) in [4.78, 5) is 4.85. The minimum absolute atomic E-state index is 0.135. The first kappa shape index (κ1) is 9.64. The van der Waals surface area contributed by atoms with Gasteiger partial charge in [0.25, 0.3) is 0 Å². The Hall–Kier alpha value is -1.37.